The number of alkyl halides is 1. The lowest BCUT2D eigenvalue weighted by Crippen LogP contribution is -2.57. The molecule has 3 aliphatic heterocycles. The first-order chi connectivity index (χ1) is 18.8. The SMILES string of the molecule is C=CCN(CCC)C(=O)[C@H]1[C@@H]2OC3(CC2Br)C(C(=O)N(CC=C)c2ccccc2Cl)N(CCCCO)C(=O)[C@H]13. The maximum Gasteiger partial charge on any atom is 0.253 e. The molecule has 3 heterocycles. The zero-order valence-electron chi connectivity index (χ0n) is 22.3. The van der Waals surface area contributed by atoms with Gasteiger partial charge < -0.3 is 24.5 Å². The van der Waals surface area contributed by atoms with Crippen molar-refractivity contribution >= 4 is 50.9 Å². The number of nitrogens with zero attached hydrogens (tertiary/aromatic N) is 3. The lowest BCUT2D eigenvalue weighted by molar-refractivity contribution is -0.145. The highest BCUT2D eigenvalue weighted by Crippen LogP contribution is 2.60. The molecule has 1 aromatic rings. The molecule has 0 aliphatic carbocycles. The standard InChI is InChI=1S/C29H37BrClN3O5/c1-4-13-32(14-5-2)26(36)22-23-27(37)34(16-9-10-17-35)25(29(23)18-19(30)24(22)39-29)28(38)33(15-6-3)21-12-8-7-11-20(21)31/h4,6-8,11-12,19,22-25,35H,1,3,5,9-10,13-18H2,2H3/t19?,22-,23+,24-,25?,29?/m1/s1. The van der Waals surface area contributed by atoms with Gasteiger partial charge >= 0.3 is 0 Å². The van der Waals surface area contributed by atoms with Gasteiger partial charge in [0.05, 0.1) is 28.6 Å². The van der Waals surface area contributed by atoms with Gasteiger partial charge in [-0.25, -0.2) is 0 Å². The Hall–Kier alpha value is -2.20. The number of likely N-dealkylation sites (tertiary alicyclic amines) is 1. The minimum Gasteiger partial charge on any atom is -0.396 e. The zero-order valence-corrected chi connectivity index (χ0v) is 24.6. The van der Waals surface area contributed by atoms with E-state index in [1.807, 2.05) is 6.92 Å². The number of carbonyl (C=O) groups is 3. The van der Waals surface area contributed by atoms with Crippen molar-refractivity contribution in [2.24, 2.45) is 11.8 Å². The number of aliphatic hydroxyl groups is 1. The molecular formula is C29H37BrClN3O5. The summed E-state index contributed by atoms with van der Waals surface area (Å²) in [4.78, 5) is 47.3. The first kappa shape index (κ1) is 29.8. The van der Waals surface area contributed by atoms with E-state index in [4.69, 9.17) is 16.3 Å². The Labute approximate surface area is 243 Å². The van der Waals surface area contributed by atoms with Crippen LogP contribution < -0.4 is 4.90 Å². The van der Waals surface area contributed by atoms with Crippen molar-refractivity contribution in [3.63, 3.8) is 0 Å². The number of halogens is 2. The smallest absolute Gasteiger partial charge is 0.253 e. The molecule has 3 unspecified atom stereocenters. The molecule has 0 radical (unpaired) electrons. The van der Waals surface area contributed by atoms with E-state index in [1.165, 1.54) is 0 Å². The highest BCUT2D eigenvalue weighted by molar-refractivity contribution is 9.09. The van der Waals surface area contributed by atoms with E-state index >= 15 is 0 Å². The van der Waals surface area contributed by atoms with Crippen molar-refractivity contribution in [3.05, 3.63) is 54.6 Å². The first-order valence-corrected chi connectivity index (χ1v) is 14.9. The molecule has 1 spiro atoms. The van der Waals surface area contributed by atoms with Crippen LogP contribution in [0.4, 0.5) is 5.69 Å². The largest absolute Gasteiger partial charge is 0.396 e. The molecule has 1 aromatic carbocycles. The fourth-order valence-electron chi connectivity index (χ4n) is 6.51. The van der Waals surface area contributed by atoms with Crippen molar-refractivity contribution in [2.45, 2.75) is 55.2 Å². The number of ether oxygens (including phenoxy) is 1. The first-order valence-electron chi connectivity index (χ1n) is 13.6. The Morgan fingerprint density at radius 2 is 1.95 bits per heavy atom. The maximum absolute atomic E-state index is 14.5. The van der Waals surface area contributed by atoms with Crippen molar-refractivity contribution in [1.29, 1.82) is 0 Å². The van der Waals surface area contributed by atoms with Gasteiger partial charge in [-0.05, 0) is 37.8 Å². The third-order valence-electron chi connectivity index (χ3n) is 7.99. The number of hydrogen-bond donors (Lipinski definition) is 1. The average Bonchev–Trinajstić information content (AvgIpc) is 3.50. The summed E-state index contributed by atoms with van der Waals surface area (Å²) in [7, 11) is 0. The molecule has 1 N–H and O–H groups in total. The van der Waals surface area contributed by atoms with Gasteiger partial charge in [0, 0.05) is 37.6 Å². The summed E-state index contributed by atoms with van der Waals surface area (Å²) < 4.78 is 6.63. The van der Waals surface area contributed by atoms with E-state index in [1.54, 1.807) is 51.1 Å². The minimum absolute atomic E-state index is 0.0197. The molecular weight excluding hydrogens is 586 g/mol. The number of rotatable bonds is 13. The van der Waals surface area contributed by atoms with Crippen LogP contribution in [0.3, 0.4) is 0 Å². The number of anilines is 1. The van der Waals surface area contributed by atoms with E-state index < -0.39 is 29.6 Å². The highest BCUT2D eigenvalue weighted by atomic mass is 79.9. The number of fused-ring (bicyclic) bond motifs is 1. The summed E-state index contributed by atoms with van der Waals surface area (Å²) in [5, 5.41) is 9.80. The molecule has 3 saturated heterocycles. The molecule has 3 aliphatic rings. The van der Waals surface area contributed by atoms with E-state index in [2.05, 4.69) is 29.1 Å². The number of amides is 3. The Morgan fingerprint density at radius 1 is 1.23 bits per heavy atom. The van der Waals surface area contributed by atoms with E-state index in [0.29, 0.717) is 43.1 Å². The Bertz CT molecular complexity index is 1120. The molecule has 2 bridgehead atoms. The number of unbranched alkanes of at least 4 members (excludes halogenated alkanes) is 1. The van der Waals surface area contributed by atoms with Gasteiger partial charge in [0.1, 0.15) is 11.6 Å². The van der Waals surface area contributed by atoms with Crippen LogP contribution in [0.15, 0.2) is 49.6 Å². The predicted octanol–water partition coefficient (Wildman–Crippen LogP) is 3.80. The predicted molar refractivity (Wildman–Crippen MR) is 155 cm³/mol. The zero-order chi connectivity index (χ0) is 28.3. The third kappa shape index (κ3) is 5.19. The van der Waals surface area contributed by atoms with Gasteiger partial charge in [-0.2, -0.15) is 0 Å². The molecule has 0 aromatic heterocycles. The second kappa shape index (κ2) is 12.5. The molecule has 4 rings (SSSR count). The van der Waals surface area contributed by atoms with Gasteiger partial charge in [0.25, 0.3) is 5.91 Å². The summed E-state index contributed by atoms with van der Waals surface area (Å²) in [5.41, 5.74) is -0.651. The quantitative estimate of drug-likeness (QED) is 0.205. The fraction of sp³-hybridized carbons (Fsp3) is 0.552. The van der Waals surface area contributed by atoms with Crippen LogP contribution in [0.1, 0.15) is 32.6 Å². The van der Waals surface area contributed by atoms with E-state index in [-0.39, 0.29) is 42.2 Å². The summed E-state index contributed by atoms with van der Waals surface area (Å²) >= 11 is 10.2. The molecule has 3 fully saturated rings. The van der Waals surface area contributed by atoms with Crippen molar-refractivity contribution < 1.29 is 24.2 Å². The number of para-hydroxylation sites is 1. The van der Waals surface area contributed by atoms with Crippen LogP contribution in [-0.2, 0) is 19.1 Å². The molecule has 6 atom stereocenters. The summed E-state index contributed by atoms with van der Waals surface area (Å²) in [6.07, 6.45) is 4.96. The van der Waals surface area contributed by atoms with Crippen molar-refractivity contribution in [2.75, 3.05) is 37.7 Å². The van der Waals surface area contributed by atoms with Gasteiger partial charge in [0.2, 0.25) is 11.8 Å². The van der Waals surface area contributed by atoms with Crippen LogP contribution in [0.25, 0.3) is 0 Å². The van der Waals surface area contributed by atoms with Crippen LogP contribution in [0, 0.1) is 11.8 Å². The normalized spacial score (nSPS) is 28.9. The monoisotopic (exact) mass is 621 g/mol. The van der Waals surface area contributed by atoms with Gasteiger partial charge in [-0.15, -0.1) is 13.2 Å². The van der Waals surface area contributed by atoms with Crippen LogP contribution in [0.5, 0.6) is 0 Å². The van der Waals surface area contributed by atoms with Gasteiger partial charge in [-0.1, -0.05) is 58.7 Å². The van der Waals surface area contributed by atoms with E-state index in [9.17, 15) is 19.5 Å². The summed E-state index contributed by atoms with van der Waals surface area (Å²) in [5.74, 6) is -2.23. The second-order valence-corrected chi connectivity index (χ2v) is 12.0. The van der Waals surface area contributed by atoms with Gasteiger partial charge in [-0.3, -0.25) is 14.4 Å². The summed E-state index contributed by atoms with van der Waals surface area (Å²) in [6, 6.07) is 6.11. The molecule has 0 saturated carbocycles. The Morgan fingerprint density at radius 3 is 2.59 bits per heavy atom. The third-order valence-corrected chi connectivity index (χ3v) is 9.16. The number of benzene rings is 1. The number of carbonyl (C=O) groups excluding carboxylic acids is 3. The van der Waals surface area contributed by atoms with Gasteiger partial charge in [0.15, 0.2) is 0 Å². The second-order valence-electron chi connectivity index (χ2n) is 10.4. The van der Waals surface area contributed by atoms with Crippen molar-refractivity contribution in [1.82, 2.24) is 9.80 Å². The lowest BCUT2D eigenvalue weighted by Gasteiger charge is -2.37. The molecule has 212 valence electrons. The molecule has 10 heteroatoms. The minimum atomic E-state index is -1.17. The lowest BCUT2D eigenvalue weighted by atomic mass is 9.70. The fourth-order valence-corrected chi connectivity index (χ4v) is 7.69. The summed E-state index contributed by atoms with van der Waals surface area (Å²) in [6.45, 7) is 11.0. The molecule has 8 nitrogen and oxygen atoms in total. The highest BCUT2D eigenvalue weighted by Gasteiger charge is 2.76. The number of aliphatic hydroxyl groups excluding tert-OH is 1. The Balaban J connectivity index is 1.79. The Kier molecular flexibility index (Phi) is 9.57. The number of hydrogen-bond acceptors (Lipinski definition) is 5. The molecule has 3 amide bonds. The van der Waals surface area contributed by atoms with E-state index in [0.717, 1.165) is 6.42 Å². The topological polar surface area (TPSA) is 90.4 Å². The maximum atomic E-state index is 14.5. The molecule has 39 heavy (non-hydrogen) atoms. The van der Waals surface area contributed by atoms with Crippen molar-refractivity contribution in [3.8, 4) is 0 Å². The van der Waals surface area contributed by atoms with Crippen LogP contribution >= 0.6 is 27.5 Å². The van der Waals surface area contributed by atoms with Crippen LogP contribution in [0.2, 0.25) is 5.02 Å². The van der Waals surface area contributed by atoms with Crippen LogP contribution in [-0.4, -0.2) is 88.0 Å². The average molecular weight is 623 g/mol.